The lowest BCUT2D eigenvalue weighted by molar-refractivity contribution is 0.102. The maximum atomic E-state index is 12.5. The fraction of sp³-hybridized carbons (Fsp3) is 0.125. The molecule has 6 nitrogen and oxygen atoms in total. The van der Waals surface area contributed by atoms with Gasteiger partial charge in [0.2, 0.25) is 5.95 Å². The number of rotatable bonds is 2. The van der Waals surface area contributed by atoms with Crippen molar-refractivity contribution in [1.82, 2.24) is 14.5 Å². The fourth-order valence-corrected chi connectivity index (χ4v) is 2.86. The summed E-state index contributed by atoms with van der Waals surface area (Å²) in [6, 6.07) is 9.17. The van der Waals surface area contributed by atoms with Gasteiger partial charge in [0.1, 0.15) is 5.56 Å². The molecule has 3 aromatic rings. The second-order valence-electron chi connectivity index (χ2n) is 5.15. The number of hydrogen-bond donors (Lipinski definition) is 1. The monoisotopic (exact) mass is 292 g/mol. The van der Waals surface area contributed by atoms with Crippen molar-refractivity contribution in [3.05, 3.63) is 64.2 Å². The second kappa shape index (κ2) is 4.77. The van der Waals surface area contributed by atoms with Crippen LogP contribution in [0.15, 0.2) is 47.5 Å². The van der Waals surface area contributed by atoms with Crippen molar-refractivity contribution in [1.29, 1.82) is 0 Å². The molecule has 6 heteroatoms. The molecule has 1 aromatic carbocycles. The Morgan fingerprint density at radius 2 is 2.00 bits per heavy atom. The van der Waals surface area contributed by atoms with Gasteiger partial charge in [-0.05, 0) is 29.5 Å². The number of pyridine rings is 1. The summed E-state index contributed by atoms with van der Waals surface area (Å²) in [5.41, 5.74) is 1.91. The van der Waals surface area contributed by atoms with Crippen LogP contribution in [-0.4, -0.2) is 20.4 Å². The molecule has 0 fully saturated rings. The van der Waals surface area contributed by atoms with Crippen molar-refractivity contribution >= 4 is 22.8 Å². The maximum Gasteiger partial charge on any atom is 0.263 e. The number of carbonyl (C=O) groups is 1. The first-order chi connectivity index (χ1) is 10.7. The van der Waals surface area contributed by atoms with Gasteiger partial charge < -0.3 is 4.57 Å². The van der Waals surface area contributed by atoms with Crippen LogP contribution in [0.3, 0.4) is 0 Å². The van der Waals surface area contributed by atoms with E-state index in [1.54, 1.807) is 16.7 Å². The summed E-state index contributed by atoms with van der Waals surface area (Å²) in [4.78, 5) is 32.8. The highest BCUT2D eigenvalue weighted by Gasteiger charge is 2.21. The summed E-state index contributed by atoms with van der Waals surface area (Å²) in [6.07, 6.45) is 3.88. The van der Waals surface area contributed by atoms with Crippen LogP contribution in [-0.2, 0) is 13.0 Å². The Bertz CT molecular complexity index is 948. The minimum absolute atomic E-state index is 0.110. The van der Waals surface area contributed by atoms with Crippen LogP contribution in [0, 0.1) is 0 Å². The van der Waals surface area contributed by atoms with E-state index in [2.05, 4.69) is 15.3 Å². The lowest BCUT2D eigenvalue weighted by Gasteiger charge is -2.08. The highest BCUT2D eigenvalue weighted by molar-refractivity contribution is 6.05. The average Bonchev–Trinajstić information content (AvgIpc) is 2.97. The highest BCUT2D eigenvalue weighted by Crippen LogP contribution is 2.24. The number of benzene rings is 1. The molecule has 1 aliphatic heterocycles. The molecule has 2 aromatic heterocycles. The van der Waals surface area contributed by atoms with Crippen LogP contribution >= 0.6 is 0 Å². The molecule has 0 aliphatic carbocycles. The summed E-state index contributed by atoms with van der Waals surface area (Å²) in [6.45, 7) is 0.609. The van der Waals surface area contributed by atoms with E-state index in [1.165, 1.54) is 12.4 Å². The Labute approximate surface area is 125 Å². The van der Waals surface area contributed by atoms with Crippen molar-refractivity contribution in [3.63, 3.8) is 0 Å². The molecular formula is C16H12N4O2. The van der Waals surface area contributed by atoms with Crippen molar-refractivity contribution in [2.45, 2.75) is 13.0 Å². The molecule has 22 heavy (non-hydrogen) atoms. The Hall–Kier alpha value is -3.02. The third-order valence-corrected chi connectivity index (χ3v) is 3.84. The summed E-state index contributed by atoms with van der Waals surface area (Å²) >= 11 is 0. The fourth-order valence-electron chi connectivity index (χ4n) is 2.86. The van der Waals surface area contributed by atoms with Crippen LogP contribution in [0.5, 0.6) is 0 Å². The number of aryl methyl sites for hydroxylation is 2. The van der Waals surface area contributed by atoms with Gasteiger partial charge in [-0.1, -0.05) is 18.2 Å². The molecule has 0 bridgehead atoms. The van der Waals surface area contributed by atoms with E-state index in [4.69, 9.17) is 0 Å². The predicted molar refractivity (Wildman–Crippen MR) is 81.9 cm³/mol. The summed E-state index contributed by atoms with van der Waals surface area (Å²) in [5, 5.41) is 3.45. The third-order valence-electron chi connectivity index (χ3n) is 3.84. The molecule has 0 unspecified atom stereocenters. The zero-order valence-electron chi connectivity index (χ0n) is 11.6. The number of aromatic nitrogens is 3. The molecule has 108 valence electrons. The lowest BCUT2D eigenvalue weighted by Crippen LogP contribution is -2.28. The third kappa shape index (κ3) is 1.88. The van der Waals surface area contributed by atoms with Gasteiger partial charge in [-0.25, -0.2) is 9.97 Å². The van der Waals surface area contributed by atoms with E-state index in [0.717, 1.165) is 22.9 Å². The quantitative estimate of drug-likeness (QED) is 0.778. The summed E-state index contributed by atoms with van der Waals surface area (Å²) in [7, 11) is 0. The second-order valence-corrected chi connectivity index (χ2v) is 5.15. The highest BCUT2D eigenvalue weighted by atomic mass is 16.2. The molecule has 4 rings (SSSR count). The largest absolute Gasteiger partial charge is 0.307 e. The summed E-state index contributed by atoms with van der Waals surface area (Å²) < 4.78 is 1.67. The molecule has 1 aliphatic rings. The van der Waals surface area contributed by atoms with E-state index in [0.29, 0.717) is 6.54 Å². The van der Waals surface area contributed by atoms with Gasteiger partial charge in [-0.2, -0.15) is 0 Å². The van der Waals surface area contributed by atoms with Crippen LogP contribution in [0.25, 0.3) is 10.9 Å². The Balaban J connectivity index is 1.82. The molecule has 0 radical (unpaired) electrons. The minimum Gasteiger partial charge on any atom is -0.307 e. The predicted octanol–water partition coefficient (Wildman–Crippen LogP) is 1.60. The molecule has 0 saturated heterocycles. The van der Waals surface area contributed by atoms with E-state index < -0.39 is 5.91 Å². The van der Waals surface area contributed by atoms with Gasteiger partial charge in [0, 0.05) is 18.9 Å². The molecule has 0 saturated carbocycles. The average molecular weight is 292 g/mol. The van der Waals surface area contributed by atoms with Gasteiger partial charge in [0.25, 0.3) is 11.5 Å². The number of nitrogens with one attached hydrogen (secondary N) is 1. The standard InChI is InChI=1S/C16H12N4O2/c21-14(19-16-17-6-2-7-18-16)12-9-11-4-1-3-10-5-8-20(13(10)11)15(12)22/h1-4,6-7,9H,5,8H2,(H,17,18,19,21). The Morgan fingerprint density at radius 1 is 1.18 bits per heavy atom. The zero-order chi connectivity index (χ0) is 15.1. The number of carbonyl (C=O) groups excluding carboxylic acids is 1. The van der Waals surface area contributed by atoms with Crippen molar-refractivity contribution in [3.8, 4) is 0 Å². The number of amides is 1. The van der Waals surface area contributed by atoms with Gasteiger partial charge in [-0.3, -0.25) is 14.9 Å². The lowest BCUT2D eigenvalue weighted by atomic mass is 10.1. The number of nitrogens with zero attached hydrogens (tertiary/aromatic N) is 3. The number of hydrogen-bond acceptors (Lipinski definition) is 4. The van der Waals surface area contributed by atoms with E-state index >= 15 is 0 Å². The first kappa shape index (κ1) is 12.7. The Morgan fingerprint density at radius 3 is 2.82 bits per heavy atom. The molecule has 0 atom stereocenters. The van der Waals surface area contributed by atoms with Crippen molar-refractivity contribution in [2.75, 3.05) is 5.32 Å². The first-order valence-electron chi connectivity index (χ1n) is 6.98. The Kier molecular flexibility index (Phi) is 2.75. The van der Waals surface area contributed by atoms with Gasteiger partial charge in [-0.15, -0.1) is 0 Å². The number of anilines is 1. The van der Waals surface area contributed by atoms with Gasteiger partial charge in [0.15, 0.2) is 0 Å². The van der Waals surface area contributed by atoms with Crippen LogP contribution < -0.4 is 10.9 Å². The SMILES string of the molecule is O=C(Nc1ncccn1)c1cc2cccc3c2n(c1=O)CC3. The first-order valence-corrected chi connectivity index (χ1v) is 6.98. The number of para-hydroxylation sites is 1. The van der Waals surface area contributed by atoms with E-state index in [1.807, 2.05) is 18.2 Å². The molecule has 1 N–H and O–H groups in total. The van der Waals surface area contributed by atoms with Crippen LogP contribution in [0.2, 0.25) is 0 Å². The molecule has 0 spiro atoms. The topological polar surface area (TPSA) is 76.9 Å². The maximum absolute atomic E-state index is 12.5. The van der Waals surface area contributed by atoms with Crippen molar-refractivity contribution < 1.29 is 4.79 Å². The molecule has 3 heterocycles. The van der Waals surface area contributed by atoms with Crippen LogP contribution in [0.1, 0.15) is 15.9 Å². The minimum atomic E-state index is -0.487. The van der Waals surface area contributed by atoms with E-state index in [9.17, 15) is 9.59 Å². The van der Waals surface area contributed by atoms with Gasteiger partial charge in [0.05, 0.1) is 5.52 Å². The zero-order valence-corrected chi connectivity index (χ0v) is 11.6. The van der Waals surface area contributed by atoms with Crippen LogP contribution in [0.4, 0.5) is 5.95 Å². The normalized spacial score (nSPS) is 12.5. The molecule has 1 amide bonds. The van der Waals surface area contributed by atoms with Gasteiger partial charge >= 0.3 is 0 Å². The smallest absolute Gasteiger partial charge is 0.263 e. The molecular weight excluding hydrogens is 280 g/mol. The van der Waals surface area contributed by atoms with Crippen molar-refractivity contribution in [2.24, 2.45) is 0 Å². The van der Waals surface area contributed by atoms with E-state index in [-0.39, 0.29) is 17.1 Å². The summed E-state index contributed by atoms with van der Waals surface area (Å²) in [5.74, 6) is -0.304.